The van der Waals surface area contributed by atoms with E-state index in [1.807, 2.05) is 13.2 Å². The first-order valence-electron chi connectivity index (χ1n) is 5.88. The van der Waals surface area contributed by atoms with Crippen LogP contribution in [0.1, 0.15) is 52.9 Å². The minimum absolute atomic E-state index is 0.343. The van der Waals surface area contributed by atoms with E-state index in [2.05, 4.69) is 32.1 Å². The molecule has 0 heterocycles. The summed E-state index contributed by atoms with van der Waals surface area (Å²) in [6, 6.07) is 0. The third-order valence-corrected chi connectivity index (χ3v) is 2.50. The molecule has 0 saturated heterocycles. The lowest BCUT2D eigenvalue weighted by atomic mass is 10.1. The van der Waals surface area contributed by atoms with E-state index in [0.29, 0.717) is 12.3 Å². The molecule has 0 aliphatic heterocycles. The van der Waals surface area contributed by atoms with Crippen molar-refractivity contribution in [1.82, 2.24) is 0 Å². The van der Waals surface area contributed by atoms with Gasteiger partial charge in [-0.05, 0) is 38.5 Å². The van der Waals surface area contributed by atoms with Gasteiger partial charge in [0.2, 0.25) is 0 Å². The van der Waals surface area contributed by atoms with Gasteiger partial charge in [0.25, 0.3) is 0 Å². The van der Waals surface area contributed by atoms with Crippen LogP contribution in [-0.4, -0.2) is 6.29 Å². The summed E-state index contributed by atoms with van der Waals surface area (Å²) in [5.41, 5.74) is 1.47. The second-order valence-electron chi connectivity index (χ2n) is 4.09. The standard InChI is InChI=1S/C14H23O/c1-4-13(2)9-7-5-6-8-10-14(3)11-12-15/h8-10,14H,4-7,11H2,1-3H3. The summed E-state index contributed by atoms with van der Waals surface area (Å²) in [5.74, 6) is 0.343. The molecule has 0 aliphatic rings. The van der Waals surface area contributed by atoms with Crippen molar-refractivity contribution in [1.29, 1.82) is 0 Å². The summed E-state index contributed by atoms with van der Waals surface area (Å²) < 4.78 is 0. The Labute approximate surface area is 94.3 Å². The molecule has 1 heteroatoms. The predicted molar refractivity (Wildman–Crippen MR) is 66.5 cm³/mol. The fourth-order valence-electron chi connectivity index (χ4n) is 1.26. The highest BCUT2D eigenvalue weighted by molar-refractivity contribution is 5.51. The van der Waals surface area contributed by atoms with Crippen molar-refractivity contribution in [2.24, 2.45) is 5.92 Å². The summed E-state index contributed by atoms with van der Waals surface area (Å²) in [5, 5.41) is 0. The Morgan fingerprint density at radius 2 is 2.13 bits per heavy atom. The molecular formula is C14H23O. The second kappa shape index (κ2) is 9.70. The monoisotopic (exact) mass is 207 g/mol. The van der Waals surface area contributed by atoms with Crippen molar-refractivity contribution < 1.29 is 4.79 Å². The molecule has 1 radical (unpaired) electrons. The average Bonchev–Trinajstić information content (AvgIpc) is 2.23. The minimum atomic E-state index is 0.343. The number of hydrogen-bond acceptors (Lipinski definition) is 1. The highest BCUT2D eigenvalue weighted by Crippen LogP contribution is 2.06. The van der Waals surface area contributed by atoms with E-state index in [1.165, 1.54) is 12.0 Å². The molecule has 0 saturated carbocycles. The molecule has 0 rings (SSSR count). The van der Waals surface area contributed by atoms with E-state index in [9.17, 15) is 4.79 Å². The maximum atomic E-state index is 10.1. The fourth-order valence-corrected chi connectivity index (χ4v) is 1.26. The van der Waals surface area contributed by atoms with Gasteiger partial charge >= 0.3 is 0 Å². The molecule has 0 N–H and O–H groups in total. The lowest BCUT2D eigenvalue weighted by Gasteiger charge is -1.98. The maximum Gasteiger partial charge on any atom is 0.198 e. The molecule has 0 aromatic rings. The summed E-state index contributed by atoms with van der Waals surface area (Å²) >= 11 is 0. The van der Waals surface area contributed by atoms with Gasteiger partial charge in [-0.15, -0.1) is 0 Å². The molecule has 0 fully saturated rings. The van der Waals surface area contributed by atoms with E-state index in [-0.39, 0.29) is 0 Å². The molecular weight excluding hydrogens is 184 g/mol. The van der Waals surface area contributed by atoms with Gasteiger partial charge in [0.05, 0.1) is 0 Å². The summed E-state index contributed by atoms with van der Waals surface area (Å²) in [6.45, 7) is 6.41. The fraction of sp³-hybridized carbons (Fsp3) is 0.643. The number of hydrogen-bond donors (Lipinski definition) is 0. The van der Waals surface area contributed by atoms with Crippen LogP contribution in [0.2, 0.25) is 0 Å². The average molecular weight is 207 g/mol. The highest BCUT2D eigenvalue weighted by atomic mass is 16.1. The van der Waals surface area contributed by atoms with Gasteiger partial charge in [-0.25, -0.2) is 0 Å². The zero-order valence-electron chi connectivity index (χ0n) is 10.3. The van der Waals surface area contributed by atoms with Crippen LogP contribution < -0.4 is 0 Å². The SMILES string of the molecule is CCC(C)=CCCCC=CC(C)C[C]=O. The number of carbonyl (C=O) groups excluding carboxylic acids is 1. The Morgan fingerprint density at radius 1 is 1.40 bits per heavy atom. The minimum Gasteiger partial charge on any atom is -0.291 e. The number of unbranched alkanes of at least 4 members (excludes halogenated alkanes) is 2. The van der Waals surface area contributed by atoms with Gasteiger partial charge in [-0.3, -0.25) is 4.79 Å². The van der Waals surface area contributed by atoms with Crippen LogP contribution in [0.15, 0.2) is 23.8 Å². The van der Waals surface area contributed by atoms with Gasteiger partial charge in [0.1, 0.15) is 0 Å². The van der Waals surface area contributed by atoms with Crippen LogP contribution in [0, 0.1) is 5.92 Å². The normalized spacial score (nSPS) is 14.5. The number of allylic oxidation sites excluding steroid dienone is 4. The molecule has 1 nitrogen and oxygen atoms in total. The Balaban J connectivity index is 3.49. The maximum absolute atomic E-state index is 10.1. The first kappa shape index (κ1) is 14.2. The third-order valence-electron chi connectivity index (χ3n) is 2.50. The molecule has 1 unspecified atom stereocenters. The quantitative estimate of drug-likeness (QED) is 0.430. The van der Waals surface area contributed by atoms with Crippen molar-refractivity contribution in [3.05, 3.63) is 23.8 Å². The molecule has 0 aliphatic carbocycles. The van der Waals surface area contributed by atoms with Crippen molar-refractivity contribution in [2.45, 2.75) is 52.9 Å². The molecule has 0 amide bonds. The molecule has 0 aromatic carbocycles. The van der Waals surface area contributed by atoms with Gasteiger partial charge in [-0.1, -0.05) is 37.6 Å². The van der Waals surface area contributed by atoms with Crippen LogP contribution in [0.5, 0.6) is 0 Å². The zero-order valence-corrected chi connectivity index (χ0v) is 10.3. The first-order chi connectivity index (χ1) is 7.20. The second-order valence-corrected chi connectivity index (χ2v) is 4.09. The lowest BCUT2D eigenvalue weighted by molar-refractivity contribution is 0.542. The van der Waals surface area contributed by atoms with E-state index in [0.717, 1.165) is 19.3 Å². The van der Waals surface area contributed by atoms with Gasteiger partial charge < -0.3 is 0 Å². The van der Waals surface area contributed by atoms with Crippen LogP contribution in [0.3, 0.4) is 0 Å². The first-order valence-corrected chi connectivity index (χ1v) is 5.88. The van der Waals surface area contributed by atoms with Crippen LogP contribution in [0.25, 0.3) is 0 Å². The van der Waals surface area contributed by atoms with Crippen LogP contribution in [-0.2, 0) is 4.79 Å². The number of rotatable bonds is 8. The van der Waals surface area contributed by atoms with Gasteiger partial charge in [-0.2, -0.15) is 0 Å². The van der Waals surface area contributed by atoms with Crippen LogP contribution >= 0.6 is 0 Å². The van der Waals surface area contributed by atoms with Crippen molar-refractivity contribution in [3.8, 4) is 0 Å². The van der Waals surface area contributed by atoms with Crippen molar-refractivity contribution in [3.63, 3.8) is 0 Å². The van der Waals surface area contributed by atoms with Crippen molar-refractivity contribution >= 4 is 6.29 Å². The molecule has 1 atom stereocenters. The van der Waals surface area contributed by atoms with E-state index >= 15 is 0 Å². The van der Waals surface area contributed by atoms with E-state index in [1.54, 1.807) is 0 Å². The van der Waals surface area contributed by atoms with E-state index < -0.39 is 0 Å². The molecule has 85 valence electrons. The summed E-state index contributed by atoms with van der Waals surface area (Å²) in [7, 11) is 0. The molecule has 15 heavy (non-hydrogen) atoms. The zero-order chi connectivity index (χ0) is 11.5. The highest BCUT2D eigenvalue weighted by Gasteiger charge is 1.94. The van der Waals surface area contributed by atoms with Gasteiger partial charge in [0, 0.05) is 6.42 Å². The molecule has 0 aromatic heterocycles. The van der Waals surface area contributed by atoms with E-state index in [4.69, 9.17) is 0 Å². The topological polar surface area (TPSA) is 17.1 Å². The smallest absolute Gasteiger partial charge is 0.198 e. The Morgan fingerprint density at radius 3 is 2.73 bits per heavy atom. The lowest BCUT2D eigenvalue weighted by Crippen LogP contribution is -1.89. The largest absolute Gasteiger partial charge is 0.291 e. The summed E-state index contributed by atoms with van der Waals surface area (Å²) in [6.07, 6.45) is 13.7. The van der Waals surface area contributed by atoms with Crippen molar-refractivity contribution in [2.75, 3.05) is 0 Å². The Hall–Kier alpha value is -0.850. The van der Waals surface area contributed by atoms with Gasteiger partial charge in [0.15, 0.2) is 6.29 Å². The predicted octanol–water partition coefficient (Wildman–Crippen LogP) is 4.21. The summed E-state index contributed by atoms with van der Waals surface area (Å²) in [4.78, 5) is 10.1. The Kier molecular flexibility index (Phi) is 9.15. The Bertz CT molecular complexity index is 213. The molecule has 0 bridgehead atoms. The third kappa shape index (κ3) is 9.45. The van der Waals surface area contributed by atoms with Crippen LogP contribution in [0.4, 0.5) is 0 Å². The molecule has 0 spiro atoms.